The molecule has 2 heterocycles. The van der Waals surface area contributed by atoms with Crippen molar-refractivity contribution in [1.82, 2.24) is 9.38 Å². The van der Waals surface area contributed by atoms with Crippen molar-refractivity contribution in [3.8, 4) is 0 Å². The lowest BCUT2D eigenvalue weighted by molar-refractivity contribution is 0.497. The van der Waals surface area contributed by atoms with Gasteiger partial charge in [-0.25, -0.2) is 4.98 Å². The zero-order valence-corrected chi connectivity index (χ0v) is 8.99. The molecule has 0 amide bonds. The van der Waals surface area contributed by atoms with Gasteiger partial charge in [0.15, 0.2) is 0 Å². The van der Waals surface area contributed by atoms with E-state index < -0.39 is 0 Å². The number of hydrogen-bond acceptors (Lipinski definition) is 1. The monoisotopic (exact) mass is 188 g/mol. The molecule has 0 saturated heterocycles. The summed E-state index contributed by atoms with van der Waals surface area (Å²) in [6.45, 7) is 6.68. The Balaban J connectivity index is 2.64. The number of pyridine rings is 1. The molecule has 2 heteroatoms. The highest BCUT2D eigenvalue weighted by molar-refractivity contribution is 5.54. The first-order chi connectivity index (χ1) is 6.65. The number of aromatic nitrogens is 2. The van der Waals surface area contributed by atoms with Crippen LogP contribution in [-0.2, 0) is 5.41 Å². The van der Waals surface area contributed by atoms with Crippen LogP contribution in [0.4, 0.5) is 0 Å². The van der Waals surface area contributed by atoms with E-state index in [1.54, 1.807) is 0 Å². The van der Waals surface area contributed by atoms with Gasteiger partial charge in [-0.15, -0.1) is 0 Å². The van der Waals surface area contributed by atoms with Crippen molar-refractivity contribution in [1.29, 1.82) is 0 Å². The summed E-state index contributed by atoms with van der Waals surface area (Å²) in [4.78, 5) is 4.50. The van der Waals surface area contributed by atoms with Crippen LogP contribution < -0.4 is 0 Å². The van der Waals surface area contributed by atoms with Gasteiger partial charge >= 0.3 is 0 Å². The minimum Gasteiger partial charge on any atom is -0.306 e. The molecule has 0 saturated carbocycles. The Morgan fingerprint density at radius 3 is 2.86 bits per heavy atom. The summed E-state index contributed by atoms with van der Waals surface area (Å²) in [5.74, 6) is 0. The van der Waals surface area contributed by atoms with E-state index in [9.17, 15) is 0 Å². The second kappa shape index (κ2) is 3.12. The first-order valence-corrected chi connectivity index (χ1v) is 5.07. The lowest BCUT2D eigenvalue weighted by atomic mass is 9.86. The highest BCUT2D eigenvalue weighted by atomic mass is 15.0. The highest BCUT2D eigenvalue weighted by Crippen LogP contribution is 2.28. The maximum absolute atomic E-state index is 4.50. The number of nitrogens with zero attached hydrogens (tertiary/aromatic N) is 2. The predicted molar refractivity (Wildman–Crippen MR) is 58.5 cm³/mol. The van der Waals surface area contributed by atoms with Crippen molar-refractivity contribution < 1.29 is 0 Å². The minimum absolute atomic E-state index is 0.163. The molecule has 0 spiro atoms. The van der Waals surface area contributed by atoms with Gasteiger partial charge in [-0.05, 0) is 18.6 Å². The average Bonchev–Trinajstić information content (AvgIpc) is 2.61. The number of imidazole rings is 1. The zero-order valence-electron chi connectivity index (χ0n) is 8.99. The van der Waals surface area contributed by atoms with Crippen LogP contribution in [0.1, 0.15) is 32.9 Å². The molecule has 0 aromatic carbocycles. The molecule has 74 valence electrons. The lowest BCUT2D eigenvalue weighted by Gasteiger charge is -2.20. The van der Waals surface area contributed by atoms with Gasteiger partial charge in [-0.1, -0.05) is 26.8 Å². The second-order valence-corrected chi connectivity index (χ2v) is 4.32. The summed E-state index contributed by atoms with van der Waals surface area (Å²) in [5, 5.41) is 0. The number of hydrogen-bond donors (Lipinski definition) is 0. The Labute approximate surface area is 84.6 Å². The van der Waals surface area contributed by atoms with Gasteiger partial charge < -0.3 is 4.40 Å². The number of fused-ring (bicyclic) bond motifs is 1. The van der Waals surface area contributed by atoms with Gasteiger partial charge in [-0.2, -0.15) is 0 Å². The Bertz CT molecular complexity index is 440. The fourth-order valence-corrected chi connectivity index (χ4v) is 1.63. The maximum atomic E-state index is 4.50. The van der Waals surface area contributed by atoms with Gasteiger partial charge in [0.05, 0.1) is 17.5 Å². The largest absolute Gasteiger partial charge is 0.306 e. The third kappa shape index (κ3) is 1.31. The van der Waals surface area contributed by atoms with E-state index in [4.69, 9.17) is 0 Å². The molecule has 0 aliphatic rings. The maximum Gasteiger partial charge on any atom is 0.0995 e. The first-order valence-electron chi connectivity index (χ1n) is 5.07. The Morgan fingerprint density at radius 1 is 1.36 bits per heavy atom. The fourth-order valence-electron chi connectivity index (χ4n) is 1.63. The molecule has 0 radical (unpaired) electrons. The molecule has 0 aliphatic heterocycles. The molecule has 2 rings (SSSR count). The molecule has 0 unspecified atom stereocenters. The Hall–Kier alpha value is -1.31. The molecule has 2 aromatic heterocycles. The molecule has 2 nitrogen and oxygen atoms in total. The molecular formula is C12H16N2. The van der Waals surface area contributed by atoms with Crippen LogP contribution in [0, 0.1) is 0 Å². The molecule has 0 atom stereocenters. The molecular weight excluding hydrogens is 172 g/mol. The van der Waals surface area contributed by atoms with Crippen molar-refractivity contribution in [2.45, 2.75) is 32.6 Å². The van der Waals surface area contributed by atoms with E-state index >= 15 is 0 Å². The standard InChI is InChI=1S/C12H16N2/c1-4-12(2,3)11-10-7-5-6-8-14(10)9-13-11/h5-9H,4H2,1-3H3. The van der Waals surface area contributed by atoms with Crippen molar-refractivity contribution in [3.05, 3.63) is 36.4 Å². The van der Waals surface area contributed by atoms with E-state index in [-0.39, 0.29) is 5.41 Å². The second-order valence-electron chi connectivity index (χ2n) is 4.32. The summed E-state index contributed by atoms with van der Waals surface area (Å²) in [7, 11) is 0. The minimum atomic E-state index is 0.163. The molecule has 0 N–H and O–H groups in total. The predicted octanol–water partition coefficient (Wildman–Crippen LogP) is 3.02. The molecule has 0 bridgehead atoms. The Morgan fingerprint density at radius 2 is 2.14 bits per heavy atom. The van der Waals surface area contributed by atoms with Crippen molar-refractivity contribution >= 4 is 5.52 Å². The molecule has 0 aliphatic carbocycles. The van der Waals surface area contributed by atoms with Gasteiger partial charge in [0.2, 0.25) is 0 Å². The van der Waals surface area contributed by atoms with E-state index in [1.165, 1.54) is 11.2 Å². The van der Waals surface area contributed by atoms with E-state index in [1.807, 2.05) is 18.6 Å². The summed E-state index contributed by atoms with van der Waals surface area (Å²) in [5.41, 5.74) is 2.58. The fraction of sp³-hybridized carbons (Fsp3) is 0.417. The summed E-state index contributed by atoms with van der Waals surface area (Å²) in [6.07, 6.45) is 5.04. The smallest absolute Gasteiger partial charge is 0.0995 e. The van der Waals surface area contributed by atoms with Crippen molar-refractivity contribution in [2.24, 2.45) is 0 Å². The third-order valence-corrected chi connectivity index (χ3v) is 2.97. The summed E-state index contributed by atoms with van der Waals surface area (Å²) < 4.78 is 2.08. The van der Waals surface area contributed by atoms with Crippen LogP contribution in [0.2, 0.25) is 0 Å². The highest BCUT2D eigenvalue weighted by Gasteiger charge is 2.22. The zero-order chi connectivity index (χ0) is 10.2. The topological polar surface area (TPSA) is 17.3 Å². The molecule has 2 aromatic rings. The lowest BCUT2D eigenvalue weighted by Crippen LogP contribution is -2.16. The average molecular weight is 188 g/mol. The third-order valence-electron chi connectivity index (χ3n) is 2.97. The van der Waals surface area contributed by atoms with Gasteiger partial charge in [0, 0.05) is 11.6 Å². The molecule has 14 heavy (non-hydrogen) atoms. The SMILES string of the molecule is CCC(C)(C)c1ncn2ccccc12. The number of rotatable bonds is 2. The van der Waals surface area contributed by atoms with Crippen LogP contribution in [0.25, 0.3) is 5.52 Å². The van der Waals surface area contributed by atoms with E-state index in [2.05, 4.69) is 42.3 Å². The Kier molecular flexibility index (Phi) is 2.06. The summed E-state index contributed by atoms with van der Waals surface area (Å²) >= 11 is 0. The van der Waals surface area contributed by atoms with Crippen LogP contribution >= 0.6 is 0 Å². The van der Waals surface area contributed by atoms with Crippen molar-refractivity contribution in [3.63, 3.8) is 0 Å². The summed E-state index contributed by atoms with van der Waals surface area (Å²) in [6, 6.07) is 6.21. The van der Waals surface area contributed by atoms with Crippen LogP contribution in [0.3, 0.4) is 0 Å². The van der Waals surface area contributed by atoms with E-state index in [0.717, 1.165) is 6.42 Å². The molecule has 0 fully saturated rings. The quantitative estimate of drug-likeness (QED) is 0.708. The van der Waals surface area contributed by atoms with Gasteiger partial charge in [0.25, 0.3) is 0 Å². The van der Waals surface area contributed by atoms with Crippen molar-refractivity contribution in [2.75, 3.05) is 0 Å². The van der Waals surface area contributed by atoms with E-state index in [0.29, 0.717) is 0 Å². The van der Waals surface area contributed by atoms with Crippen LogP contribution in [0.5, 0.6) is 0 Å². The van der Waals surface area contributed by atoms with Gasteiger partial charge in [-0.3, -0.25) is 0 Å². The van der Waals surface area contributed by atoms with Crippen LogP contribution in [-0.4, -0.2) is 9.38 Å². The van der Waals surface area contributed by atoms with Gasteiger partial charge in [0.1, 0.15) is 0 Å². The van der Waals surface area contributed by atoms with Crippen LogP contribution in [0.15, 0.2) is 30.7 Å². The first kappa shape index (κ1) is 9.25. The normalized spacial score (nSPS) is 12.2.